The molecule has 9 heteroatoms. The van der Waals surface area contributed by atoms with Crippen LogP contribution in [0.1, 0.15) is 50.2 Å². The lowest BCUT2D eigenvalue weighted by molar-refractivity contribution is -0.115. The number of hydrogen-bond donors (Lipinski definition) is 2. The Bertz CT molecular complexity index is 1210. The highest BCUT2D eigenvalue weighted by Crippen LogP contribution is 2.27. The molecule has 2 N–H and O–H groups in total. The molecule has 34 heavy (non-hydrogen) atoms. The number of carbonyl (C=O) groups is 3. The molecule has 0 aliphatic carbocycles. The first kappa shape index (κ1) is 24.6. The quantitative estimate of drug-likeness (QED) is 0.349. The number of rotatable bonds is 9. The lowest BCUT2D eigenvalue weighted by atomic mass is 10.0. The molecule has 0 saturated carbocycles. The Morgan fingerprint density at radius 3 is 2.41 bits per heavy atom. The molecule has 0 aliphatic rings. The Balaban J connectivity index is 1.85. The number of carbonyl (C=O) groups excluding carboxylic acids is 3. The predicted molar refractivity (Wildman–Crippen MR) is 122 cm³/mol. The van der Waals surface area contributed by atoms with Crippen molar-refractivity contribution in [1.29, 1.82) is 0 Å². The summed E-state index contributed by atoms with van der Waals surface area (Å²) in [5.41, 5.74) is 2.72. The van der Waals surface area contributed by atoms with Gasteiger partial charge in [-0.25, -0.2) is 4.79 Å². The van der Waals surface area contributed by atoms with E-state index in [0.717, 1.165) is 5.56 Å². The number of benzene rings is 2. The molecule has 1 amide bonds. The number of halogens is 2. The molecule has 2 aromatic carbocycles. The average Bonchev–Trinajstić information content (AvgIpc) is 3.11. The van der Waals surface area contributed by atoms with Gasteiger partial charge in [-0.2, -0.15) is 8.78 Å². The number of ether oxygens (including phenoxy) is 2. The number of esters is 1. The van der Waals surface area contributed by atoms with E-state index in [0.29, 0.717) is 23.2 Å². The Labute approximate surface area is 195 Å². The van der Waals surface area contributed by atoms with Crippen molar-refractivity contribution in [2.45, 2.75) is 33.3 Å². The summed E-state index contributed by atoms with van der Waals surface area (Å²) in [5.74, 6) is -1.41. The Morgan fingerprint density at radius 1 is 1.09 bits per heavy atom. The molecule has 0 aliphatic heterocycles. The Kier molecular flexibility index (Phi) is 7.78. The summed E-state index contributed by atoms with van der Waals surface area (Å²) in [6.45, 7) is -0.0437. The Hall–Kier alpha value is -4.01. The van der Waals surface area contributed by atoms with E-state index in [9.17, 15) is 23.2 Å². The van der Waals surface area contributed by atoms with Gasteiger partial charge in [0.05, 0.1) is 24.8 Å². The summed E-state index contributed by atoms with van der Waals surface area (Å²) in [6, 6.07) is 13.6. The summed E-state index contributed by atoms with van der Waals surface area (Å²) >= 11 is 0. The number of aromatic nitrogens is 1. The van der Waals surface area contributed by atoms with Gasteiger partial charge >= 0.3 is 12.6 Å². The number of alkyl halides is 2. The van der Waals surface area contributed by atoms with Gasteiger partial charge in [-0.15, -0.1) is 0 Å². The van der Waals surface area contributed by atoms with E-state index in [2.05, 4.69) is 15.0 Å². The van der Waals surface area contributed by atoms with Crippen LogP contribution >= 0.6 is 0 Å². The molecule has 0 spiro atoms. The number of H-pyrrole nitrogens is 1. The van der Waals surface area contributed by atoms with Gasteiger partial charge in [0.2, 0.25) is 5.91 Å². The maximum atomic E-state index is 12.9. The fourth-order valence-electron chi connectivity index (χ4n) is 3.71. The molecule has 3 rings (SSSR count). The van der Waals surface area contributed by atoms with Gasteiger partial charge in [0.25, 0.3) is 0 Å². The van der Waals surface area contributed by atoms with Crippen LogP contribution in [0.4, 0.5) is 14.5 Å². The number of ketones is 1. The fourth-order valence-corrected chi connectivity index (χ4v) is 3.71. The van der Waals surface area contributed by atoms with Crippen molar-refractivity contribution in [2.75, 3.05) is 12.4 Å². The largest absolute Gasteiger partial charge is 0.465 e. The third-order valence-electron chi connectivity index (χ3n) is 5.20. The van der Waals surface area contributed by atoms with Crippen molar-refractivity contribution in [3.05, 3.63) is 82.2 Å². The highest BCUT2D eigenvalue weighted by atomic mass is 19.3. The van der Waals surface area contributed by atoms with Crippen molar-refractivity contribution < 1.29 is 32.6 Å². The maximum absolute atomic E-state index is 12.9. The summed E-state index contributed by atoms with van der Waals surface area (Å²) in [4.78, 5) is 39.7. The third-order valence-corrected chi connectivity index (χ3v) is 5.20. The zero-order valence-corrected chi connectivity index (χ0v) is 18.9. The van der Waals surface area contributed by atoms with Crippen molar-refractivity contribution in [3.8, 4) is 5.75 Å². The summed E-state index contributed by atoms with van der Waals surface area (Å²) in [6.07, 6.45) is 0.0821. The monoisotopic (exact) mass is 470 g/mol. The van der Waals surface area contributed by atoms with Crippen molar-refractivity contribution in [1.82, 2.24) is 4.98 Å². The van der Waals surface area contributed by atoms with Gasteiger partial charge in [-0.05, 0) is 36.2 Å². The Morgan fingerprint density at radius 2 is 1.79 bits per heavy atom. The van der Waals surface area contributed by atoms with Crippen LogP contribution in [-0.2, 0) is 22.4 Å². The predicted octanol–water partition coefficient (Wildman–Crippen LogP) is 4.69. The number of hydrogen-bond acceptors (Lipinski definition) is 5. The highest BCUT2D eigenvalue weighted by molar-refractivity contribution is 6.02. The normalized spacial score (nSPS) is 10.8. The van der Waals surface area contributed by atoms with E-state index in [1.807, 2.05) is 30.3 Å². The van der Waals surface area contributed by atoms with E-state index in [1.165, 1.54) is 26.2 Å². The maximum Gasteiger partial charge on any atom is 0.387 e. The second-order valence-electron chi connectivity index (χ2n) is 7.61. The first-order chi connectivity index (χ1) is 16.2. The second kappa shape index (κ2) is 10.7. The van der Waals surface area contributed by atoms with Crippen LogP contribution in [0.2, 0.25) is 0 Å². The zero-order valence-electron chi connectivity index (χ0n) is 18.9. The van der Waals surface area contributed by atoms with Crippen molar-refractivity contribution in [3.63, 3.8) is 0 Å². The van der Waals surface area contributed by atoms with Crippen LogP contribution in [0, 0.1) is 6.92 Å². The number of Topliss-reactive ketones (excluding diaryl/α,β-unsaturated/α-hetero) is 1. The van der Waals surface area contributed by atoms with Gasteiger partial charge in [0.15, 0.2) is 5.78 Å². The number of anilines is 1. The molecule has 0 bridgehead atoms. The van der Waals surface area contributed by atoms with Gasteiger partial charge < -0.3 is 19.8 Å². The van der Waals surface area contributed by atoms with Crippen molar-refractivity contribution in [2.24, 2.45) is 0 Å². The van der Waals surface area contributed by atoms with Gasteiger partial charge in [-0.3, -0.25) is 9.59 Å². The van der Waals surface area contributed by atoms with E-state index >= 15 is 0 Å². The van der Waals surface area contributed by atoms with E-state index in [1.54, 1.807) is 13.0 Å². The molecule has 0 atom stereocenters. The first-order valence-corrected chi connectivity index (χ1v) is 10.4. The van der Waals surface area contributed by atoms with Crippen LogP contribution in [0.15, 0.2) is 48.5 Å². The molecule has 178 valence electrons. The average molecular weight is 470 g/mol. The SMILES string of the molecule is COC(=O)c1c(CC(=O)Nc2ccc(OC(F)F)c(Cc3ccccc3)c2)[nH]c(C(C)=O)c1C. The lowest BCUT2D eigenvalue weighted by Crippen LogP contribution is -2.17. The van der Waals surface area contributed by atoms with Crippen LogP contribution in [0.25, 0.3) is 0 Å². The van der Waals surface area contributed by atoms with Gasteiger partial charge in [0.1, 0.15) is 5.75 Å². The number of amides is 1. The number of nitrogens with one attached hydrogen (secondary N) is 2. The molecular formula is C25H24F2N2O5. The summed E-state index contributed by atoms with van der Waals surface area (Å²) in [7, 11) is 1.21. The molecule has 1 aromatic heterocycles. The molecule has 3 aromatic rings. The van der Waals surface area contributed by atoms with Gasteiger partial charge in [-0.1, -0.05) is 30.3 Å². The minimum absolute atomic E-state index is 0.0101. The molecule has 0 saturated heterocycles. The van der Waals surface area contributed by atoms with Crippen molar-refractivity contribution >= 4 is 23.3 Å². The van der Waals surface area contributed by atoms with Crippen LogP contribution in [-0.4, -0.2) is 36.4 Å². The van der Waals surface area contributed by atoms with Gasteiger partial charge in [0, 0.05) is 30.3 Å². The molecule has 7 nitrogen and oxygen atoms in total. The molecule has 0 radical (unpaired) electrons. The van der Waals surface area contributed by atoms with Crippen LogP contribution < -0.4 is 10.1 Å². The molecular weight excluding hydrogens is 446 g/mol. The smallest absolute Gasteiger partial charge is 0.387 e. The molecule has 0 unspecified atom stereocenters. The standard InChI is InChI=1S/C25H24F2N2O5/c1-14-22(24(32)33-3)19(29-23(14)15(2)30)13-21(31)28-18-9-10-20(34-25(26)27)17(12-18)11-16-7-5-4-6-8-16/h4-10,12,25,29H,11,13H2,1-3H3,(H,28,31). The summed E-state index contributed by atoms with van der Waals surface area (Å²) in [5, 5.41) is 2.70. The fraction of sp³-hybridized carbons (Fsp3) is 0.240. The zero-order chi connectivity index (χ0) is 24.8. The van der Waals surface area contributed by atoms with E-state index in [4.69, 9.17) is 4.74 Å². The first-order valence-electron chi connectivity index (χ1n) is 10.4. The number of aromatic amines is 1. The molecule has 0 fully saturated rings. The lowest BCUT2D eigenvalue weighted by Gasteiger charge is -2.14. The van der Waals surface area contributed by atoms with Crippen LogP contribution in [0.5, 0.6) is 5.75 Å². The van der Waals surface area contributed by atoms with E-state index < -0.39 is 18.5 Å². The minimum atomic E-state index is -2.99. The second-order valence-corrected chi connectivity index (χ2v) is 7.61. The minimum Gasteiger partial charge on any atom is -0.465 e. The topological polar surface area (TPSA) is 97.5 Å². The van der Waals surface area contributed by atoms with E-state index in [-0.39, 0.29) is 34.9 Å². The summed E-state index contributed by atoms with van der Waals surface area (Å²) < 4.78 is 35.1. The number of methoxy groups -OCH3 is 1. The molecule has 1 heterocycles. The van der Waals surface area contributed by atoms with Crippen LogP contribution in [0.3, 0.4) is 0 Å². The third kappa shape index (κ3) is 5.86. The highest BCUT2D eigenvalue weighted by Gasteiger charge is 2.24.